The van der Waals surface area contributed by atoms with E-state index in [0.717, 1.165) is 0 Å². The van der Waals surface area contributed by atoms with Gasteiger partial charge in [-0.3, -0.25) is 19.7 Å². The van der Waals surface area contributed by atoms with Crippen molar-refractivity contribution in [3.63, 3.8) is 0 Å². The number of piperidine rings is 1. The van der Waals surface area contributed by atoms with Gasteiger partial charge in [0.05, 0.1) is 6.54 Å². The second kappa shape index (κ2) is 9.51. The van der Waals surface area contributed by atoms with Crippen LogP contribution < -0.4 is 10.8 Å². The molecule has 0 aliphatic carbocycles. The zero-order chi connectivity index (χ0) is 23.5. The Morgan fingerprint density at radius 2 is 2.12 bits per heavy atom. The molecule has 1 aromatic rings. The summed E-state index contributed by atoms with van der Waals surface area (Å²) in [6.07, 6.45) is 0.205. The van der Waals surface area contributed by atoms with E-state index in [2.05, 4.69) is 15.6 Å². The number of imide groups is 1. The molecule has 1 saturated heterocycles. The SMILES string of the molecule is CCC(CC=O)C(F)(F)C(=O)ONCc1ccc2c(c1)CN(C1CCC(=O)NC1=O)C2=O. The summed E-state index contributed by atoms with van der Waals surface area (Å²) in [4.78, 5) is 64.3. The molecular weight excluding hydrogens is 428 g/mol. The van der Waals surface area contributed by atoms with E-state index in [4.69, 9.17) is 0 Å². The molecule has 2 unspecified atom stereocenters. The van der Waals surface area contributed by atoms with Crippen molar-refractivity contribution < 1.29 is 37.6 Å². The normalized spacial score (nSPS) is 19.4. The minimum Gasteiger partial charge on any atom is -0.366 e. The second-order valence-corrected chi connectivity index (χ2v) is 7.73. The highest BCUT2D eigenvalue weighted by Crippen LogP contribution is 2.31. The Morgan fingerprint density at radius 1 is 1.38 bits per heavy atom. The van der Waals surface area contributed by atoms with Crippen molar-refractivity contribution in [2.24, 2.45) is 5.92 Å². The molecule has 1 aromatic carbocycles. The van der Waals surface area contributed by atoms with Crippen LogP contribution in [0.4, 0.5) is 8.78 Å². The summed E-state index contributed by atoms with van der Waals surface area (Å²) in [6, 6.07) is 4.04. The Balaban J connectivity index is 1.60. The summed E-state index contributed by atoms with van der Waals surface area (Å²) in [5.74, 6) is -8.25. The number of carbonyl (C=O) groups excluding carboxylic acids is 5. The monoisotopic (exact) mass is 451 g/mol. The Morgan fingerprint density at radius 3 is 2.78 bits per heavy atom. The fourth-order valence-corrected chi connectivity index (χ4v) is 3.84. The summed E-state index contributed by atoms with van der Waals surface area (Å²) in [5, 5.41) is 2.22. The number of hydrogen-bond acceptors (Lipinski definition) is 7. The maximum Gasteiger partial charge on any atom is 0.395 e. The van der Waals surface area contributed by atoms with Crippen molar-refractivity contribution in [3.05, 3.63) is 34.9 Å². The lowest BCUT2D eigenvalue weighted by molar-refractivity contribution is -0.189. The number of amides is 3. The van der Waals surface area contributed by atoms with Crippen LogP contribution in [-0.4, -0.2) is 46.8 Å². The van der Waals surface area contributed by atoms with Crippen LogP contribution in [0.3, 0.4) is 0 Å². The maximum absolute atomic E-state index is 14.1. The topological polar surface area (TPSA) is 122 Å². The molecule has 0 saturated carbocycles. The van der Waals surface area contributed by atoms with Crippen molar-refractivity contribution in [2.75, 3.05) is 0 Å². The van der Waals surface area contributed by atoms with Crippen LogP contribution in [0.15, 0.2) is 18.2 Å². The van der Waals surface area contributed by atoms with Crippen LogP contribution in [0.25, 0.3) is 0 Å². The van der Waals surface area contributed by atoms with Gasteiger partial charge in [-0.2, -0.15) is 8.78 Å². The molecule has 9 nitrogen and oxygen atoms in total. The van der Waals surface area contributed by atoms with Crippen LogP contribution in [0.2, 0.25) is 0 Å². The number of carbonyl (C=O) groups is 5. The van der Waals surface area contributed by atoms with Gasteiger partial charge in [-0.15, -0.1) is 5.48 Å². The first-order valence-electron chi connectivity index (χ1n) is 10.2. The van der Waals surface area contributed by atoms with Gasteiger partial charge in [-0.25, -0.2) is 4.79 Å². The van der Waals surface area contributed by atoms with E-state index in [1.165, 1.54) is 11.8 Å². The molecule has 2 heterocycles. The maximum atomic E-state index is 14.1. The van der Waals surface area contributed by atoms with E-state index >= 15 is 0 Å². The molecule has 3 amide bonds. The minimum absolute atomic E-state index is 0.0661. The summed E-state index contributed by atoms with van der Waals surface area (Å²) < 4.78 is 28.2. The number of benzene rings is 1. The number of hydroxylamine groups is 1. The largest absolute Gasteiger partial charge is 0.395 e. The summed E-state index contributed by atoms with van der Waals surface area (Å²) in [7, 11) is 0. The second-order valence-electron chi connectivity index (χ2n) is 7.73. The number of halogens is 2. The highest BCUT2D eigenvalue weighted by molar-refractivity contribution is 6.05. The van der Waals surface area contributed by atoms with Crippen molar-refractivity contribution in [3.8, 4) is 0 Å². The lowest BCUT2D eigenvalue weighted by atomic mass is 9.95. The highest BCUT2D eigenvalue weighted by Gasteiger charge is 2.48. The first-order chi connectivity index (χ1) is 15.2. The van der Waals surface area contributed by atoms with Gasteiger partial charge in [0.25, 0.3) is 5.91 Å². The Hall–Kier alpha value is -3.21. The predicted octanol–water partition coefficient (Wildman–Crippen LogP) is 1.25. The number of aldehydes is 1. The van der Waals surface area contributed by atoms with Gasteiger partial charge in [0, 0.05) is 30.9 Å². The highest BCUT2D eigenvalue weighted by atomic mass is 19.3. The summed E-state index contributed by atoms with van der Waals surface area (Å²) in [6.45, 7) is 1.52. The lowest BCUT2D eigenvalue weighted by Crippen LogP contribution is -2.52. The molecule has 0 aromatic heterocycles. The Kier molecular flexibility index (Phi) is 6.97. The van der Waals surface area contributed by atoms with Crippen LogP contribution in [0.5, 0.6) is 0 Å². The van der Waals surface area contributed by atoms with Crippen molar-refractivity contribution in [2.45, 2.75) is 57.7 Å². The first-order valence-corrected chi connectivity index (χ1v) is 10.2. The quantitative estimate of drug-likeness (QED) is 0.329. The number of nitrogens with one attached hydrogen (secondary N) is 2. The van der Waals surface area contributed by atoms with E-state index < -0.39 is 36.2 Å². The lowest BCUT2D eigenvalue weighted by Gasteiger charge is -2.29. The molecule has 0 spiro atoms. The molecule has 0 bridgehead atoms. The van der Waals surface area contributed by atoms with Gasteiger partial charge in [0.15, 0.2) is 0 Å². The number of alkyl halides is 2. The zero-order valence-corrected chi connectivity index (χ0v) is 17.4. The third kappa shape index (κ3) is 4.67. The molecular formula is C21H23F2N3O6. The molecule has 1 fully saturated rings. The van der Waals surface area contributed by atoms with Gasteiger partial charge in [0.1, 0.15) is 12.3 Å². The first kappa shape index (κ1) is 23.5. The van der Waals surface area contributed by atoms with Gasteiger partial charge in [-0.05, 0) is 30.0 Å². The molecule has 2 aliphatic rings. The summed E-state index contributed by atoms with van der Waals surface area (Å²) in [5.41, 5.74) is 3.80. The van der Waals surface area contributed by atoms with Crippen molar-refractivity contribution in [1.29, 1.82) is 0 Å². The number of nitrogens with zero attached hydrogens (tertiary/aromatic N) is 1. The van der Waals surface area contributed by atoms with Gasteiger partial charge >= 0.3 is 11.9 Å². The fourth-order valence-electron chi connectivity index (χ4n) is 3.84. The third-order valence-electron chi connectivity index (χ3n) is 5.69. The minimum atomic E-state index is -3.81. The summed E-state index contributed by atoms with van der Waals surface area (Å²) >= 11 is 0. The van der Waals surface area contributed by atoms with Gasteiger partial charge in [-0.1, -0.05) is 19.1 Å². The third-order valence-corrected chi connectivity index (χ3v) is 5.69. The van der Waals surface area contributed by atoms with Crippen LogP contribution in [-0.2, 0) is 37.1 Å². The molecule has 11 heteroatoms. The number of fused-ring (bicyclic) bond motifs is 1. The van der Waals surface area contributed by atoms with Crippen molar-refractivity contribution >= 4 is 30.0 Å². The standard InChI is InChI=1S/C21H23F2N3O6/c1-2-14(7-8-27)21(22,23)20(31)32-24-10-12-3-4-15-13(9-12)11-26(19(15)30)16-5-6-17(28)25-18(16)29/h3-4,8-9,14,16,24H,2,5-7,10-11H2,1H3,(H,25,28,29). The van der Waals surface area contributed by atoms with Crippen LogP contribution in [0, 0.1) is 5.92 Å². The zero-order valence-electron chi connectivity index (χ0n) is 17.4. The van der Waals surface area contributed by atoms with Gasteiger partial charge in [0.2, 0.25) is 11.8 Å². The smallest absolute Gasteiger partial charge is 0.366 e. The Bertz CT molecular complexity index is 951. The molecule has 2 aliphatic heterocycles. The van der Waals surface area contributed by atoms with E-state index in [9.17, 15) is 32.8 Å². The fraction of sp³-hybridized carbons (Fsp3) is 0.476. The molecule has 172 valence electrons. The average molecular weight is 451 g/mol. The van der Waals surface area contributed by atoms with E-state index in [1.807, 2.05) is 0 Å². The average Bonchev–Trinajstić information content (AvgIpc) is 3.07. The van der Waals surface area contributed by atoms with Gasteiger partial charge < -0.3 is 14.5 Å². The van der Waals surface area contributed by atoms with Crippen LogP contribution >= 0.6 is 0 Å². The van der Waals surface area contributed by atoms with E-state index in [-0.39, 0.29) is 44.2 Å². The molecule has 2 atom stereocenters. The number of hydrogen-bond donors (Lipinski definition) is 2. The van der Waals surface area contributed by atoms with Crippen LogP contribution in [0.1, 0.15) is 54.1 Å². The predicted molar refractivity (Wildman–Crippen MR) is 105 cm³/mol. The van der Waals surface area contributed by atoms with E-state index in [1.54, 1.807) is 18.2 Å². The van der Waals surface area contributed by atoms with E-state index in [0.29, 0.717) is 23.0 Å². The molecule has 2 N–H and O–H groups in total. The van der Waals surface area contributed by atoms with Crippen molar-refractivity contribution in [1.82, 2.24) is 15.7 Å². The Labute approximate surface area is 182 Å². The molecule has 0 radical (unpaired) electrons. The molecule has 3 rings (SSSR count). The number of rotatable bonds is 9. The molecule has 32 heavy (non-hydrogen) atoms.